The maximum Gasteiger partial charge on any atom is 0.257 e. The van der Waals surface area contributed by atoms with Crippen molar-refractivity contribution >= 4 is 28.2 Å². The molecule has 1 saturated heterocycles. The standard InChI is InChI=1S/C24H28N4O3/c1-4-27-11-13-28(14-12-27)23-19-8-6-5-7-18(19)20(16-25-23)24(29)26-21-15-17(30-2)9-10-22(21)31-3/h5-10,15-16H,4,11-14H2,1-3H3,(H,26,29). The number of fused-ring (bicyclic) bond motifs is 1. The number of rotatable bonds is 6. The van der Waals surface area contributed by atoms with Crippen molar-refractivity contribution in [3.8, 4) is 11.5 Å². The van der Waals surface area contributed by atoms with Crippen LogP contribution in [-0.4, -0.2) is 62.7 Å². The maximum atomic E-state index is 13.2. The van der Waals surface area contributed by atoms with Gasteiger partial charge < -0.3 is 24.6 Å². The number of nitrogens with one attached hydrogen (secondary N) is 1. The molecule has 3 aromatic rings. The number of aromatic nitrogens is 1. The first-order valence-electron chi connectivity index (χ1n) is 10.5. The van der Waals surface area contributed by atoms with E-state index in [2.05, 4.69) is 22.0 Å². The Morgan fingerprint density at radius 1 is 1.03 bits per heavy atom. The van der Waals surface area contributed by atoms with E-state index >= 15 is 0 Å². The molecule has 0 aliphatic carbocycles. The quantitative estimate of drug-likeness (QED) is 0.657. The first-order valence-corrected chi connectivity index (χ1v) is 10.5. The zero-order valence-electron chi connectivity index (χ0n) is 18.2. The van der Waals surface area contributed by atoms with Gasteiger partial charge in [0.15, 0.2) is 0 Å². The smallest absolute Gasteiger partial charge is 0.257 e. The van der Waals surface area contributed by atoms with Gasteiger partial charge >= 0.3 is 0 Å². The molecule has 1 aromatic heterocycles. The number of piperazine rings is 1. The molecule has 2 heterocycles. The number of carbonyl (C=O) groups excluding carboxylic acids is 1. The van der Waals surface area contributed by atoms with Gasteiger partial charge in [-0.1, -0.05) is 31.2 Å². The molecule has 1 aliphatic rings. The summed E-state index contributed by atoms with van der Waals surface area (Å²) in [6.07, 6.45) is 1.67. The molecule has 31 heavy (non-hydrogen) atoms. The van der Waals surface area contributed by atoms with E-state index in [4.69, 9.17) is 14.5 Å². The summed E-state index contributed by atoms with van der Waals surface area (Å²) >= 11 is 0. The number of hydrogen-bond donors (Lipinski definition) is 1. The van der Waals surface area contributed by atoms with Crippen LogP contribution in [0.1, 0.15) is 17.3 Å². The van der Waals surface area contributed by atoms with Crippen LogP contribution in [0, 0.1) is 0 Å². The number of nitrogens with zero attached hydrogens (tertiary/aromatic N) is 3. The summed E-state index contributed by atoms with van der Waals surface area (Å²) in [4.78, 5) is 22.6. The number of amides is 1. The van der Waals surface area contributed by atoms with Gasteiger partial charge in [-0.3, -0.25) is 4.79 Å². The molecule has 162 valence electrons. The van der Waals surface area contributed by atoms with Gasteiger partial charge in [-0.15, -0.1) is 0 Å². The van der Waals surface area contributed by atoms with Gasteiger partial charge in [0.2, 0.25) is 0 Å². The highest BCUT2D eigenvalue weighted by atomic mass is 16.5. The van der Waals surface area contributed by atoms with E-state index in [1.54, 1.807) is 38.6 Å². The second-order valence-electron chi connectivity index (χ2n) is 7.48. The number of methoxy groups -OCH3 is 2. The molecule has 1 N–H and O–H groups in total. The number of pyridine rings is 1. The molecule has 0 bridgehead atoms. The molecule has 0 saturated carbocycles. The van der Waals surface area contributed by atoms with Crippen LogP contribution in [0.4, 0.5) is 11.5 Å². The van der Waals surface area contributed by atoms with E-state index < -0.39 is 0 Å². The van der Waals surface area contributed by atoms with Gasteiger partial charge in [0.05, 0.1) is 25.5 Å². The van der Waals surface area contributed by atoms with Crippen LogP contribution < -0.4 is 19.7 Å². The first-order chi connectivity index (χ1) is 15.1. The second-order valence-corrected chi connectivity index (χ2v) is 7.48. The lowest BCUT2D eigenvalue weighted by Crippen LogP contribution is -2.46. The van der Waals surface area contributed by atoms with E-state index in [1.165, 1.54) is 0 Å². The van der Waals surface area contributed by atoms with Crippen LogP contribution in [0.3, 0.4) is 0 Å². The number of likely N-dealkylation sites (N-methyl/N-ethyl adjacent to an activating group) is 1. The zero-order valence-corrected chi connectivity index (χ0v) is 18.2. The van der Waals surface area contributed by atoms with Gasteiger partial charge in [-0.05, 0) is 24.1 Å². The highest BCUT2D eigenvalue weighted by Crippen LogP contribution is 2.31. The zero-order chi connectivity index (χ0) is 21.8. The number of anilines is 2. The van der Waals surface area contributed by atoms with E-state index in [-0.39, 0.29) is 5.91 Å². The molecule has 1 amide bonds. The van der Waals surface area contributed by atoms with E-state index in [9.17, 15) is 4.79 Å². The summed E-state index contributed by atoms with van der Waals surface area (Å²) in [5.74, 6) is 1.90. The van der Waals surface area contributed by atoms with Crippen molar-refractivity contribution in [3.05, 3.63) is 54.2 Å². The topological polar surface area (TPSA) is 66.9 Å². The predicted molar refractivity (Wildman–Crippen MR) is 124 cm³/mol. The third-order valence-corrected chi connectivity index (χ3v) is 5.79. The number of hydrogen-bond acceptors (Lipinski definition) is 6. The Balaban J connectivity index is 1.66. The van der Waals surface area contributed by atoms with Crippen LogP contribution in [0.5, 0.6) is 11.5 Å². The van der Waals surface area contributed by atoms with Crippen LogP contribution in [0.15, 0.2) is 48.7 Å². The fourth-order valence-corrected chi connectivity index (χ4v) is 3.99. The van der Waals surface area contributed by atoms with Crippen LogP contribution in [0.25, 0.3) is 10.8 Å². The Bertz CT molecular complexity index is 1080. The van der Waals surface area contributed by atoms with Crippen molar-refractivity contribution in [2.75, 3.05) is 57.2 Å². The highest BCUT2D eigenvalue weighted by Gasteiger charge is 2.21. The van der Waals surface area contributed by atoms with Gasteiger partial charge in [0.1, 0.15) is 17.3 Å². The lowest BCUT2D eigenvalue weighted by molar-refractivity contribution is 0.102. The molecule has 0 unspecified atom stereocenters. The molecule has 2 aromatic carbocycles. The summed E-state index contributed by atoms with van der Waals surface area (Å²) in [7, 11) is 3.16. The fourth-order valence-electron chi connectivity index (χ4n) is 3.99. The summed E-state index contributed by atoms with van der Waals surface area (Å²) in [6.45, 7) is 7.15. The highest BCUT2D eigenvalue weighted by molar-refractivity contribution is 6.14. The van der Waals surface area contributed by atoms with Crippen molar-refractivity contribution in [3.63, 3.8) is 0 Å². The molecule has 4 rings (SSSR count). The molecular formula is C24H28N4O3. The average Bonchev–Trinajstić information content (AvgIpc) is 2.83. The summed E-state index contributed by atoms with van der Waals surface area (Å²) in [5.41, 5.74) is 1.08. The maximum absolute atomic E-state index is 13.2. The SMILES string of the molecule is CCN1CCN(c2ncc(C(=O)Nc3cc(OC)ccc3OC)c3ccccc23)CC1. The Kier molecular flexibility index (Phi) is 6.23. The Hall–Kier alpha value is -3.32. The molecule has 7 nitrogen and oxygen atoms in total. The Morgan fingerprint density at radius 2 is 1.77 bits per heavy atom. The van der Waals surface area contributed by atoms with E-state index in [0.29, 0.717) is 22.7 Å². The average molecular weight is 421 g/mol. The molecule has 7 heteroatoms. The van der Waals surface area contributed by atoms with Crippen molar-refractivity contribution in [1.29, 1.82) is 0 Å². The second kappa shape index (κ2) is 9.22. The first kappa shape index (κ1) is 20.9. The summed E-state index contributed by atoms with van der Waals surface area (Å²) < 4.78 is 10.7. The molecule has 1 aliphatic heterocycles. The van der Waals surface area contributed by atoms with Crippen molar-refractivity contribution in [1.82, 2.24) is 9.88 Å². The third-order valence-electron chi connectivity index (χ3n) is 5.79. The monoisotopic (exact) mass is 420 g/mol. The van der Waals surface area contributed by atoms with Crippen LogP contribution in [0.2, 0.25) is 0 Å². The lowest BCUT2D eigenvalue weighted by Gasteiger charge is -2.35. The van der Waals surface area contributed by atoms with Crippen molar-refractivity contribution in [2.24, 2.45) is 0 Å². The van der Waals surface area contributed by atoms with Gasteiger partial charge in [0, 0.05) is 43.8 Å². The lowest BCUT2D eigenvalue weighted by atomic mass is 10.1. The van der Waals surface area contributed by atoms with Gasteiger partial charge in [0.25, 0.3) is 5.91 Å². The minimum Gasteiger partial charge on any atom is -0.497 e. The predicted octanol–water partition coefficient (Wildman–Crippen LogP) is 3.65. The summed E-state index contributed by atoms with van der Waals surface area (Å²) in [6, 6.07) is 13.2. The molecular weight excluding hydrogens is 392 g/mol. The fraction of sp³-hybridized carbons (Fsp3) is 0.333. The van der Waals surface area contributed by atoms with Crippen molar-refractivity contribution in [2.45, 2.75) is 6.92 Å². The van der Waals surface area contributed by atoms with Crippen LogP contribution >= 0.6 is 0 Å². The minimum atomic E-state index is -0.238. The number of benzene rings is 2. The van der Waals surface area contributed by atoms with Crippen molar-refractivity contribution < 1.29 is 14.3 Å². The Morgan fingerprint density at radius 3 is 2.45 bits per heavy atom. The van der Waals surface area contributed by atoms with Gasteiger partial charge in [-0.2, -0.15) is 0 Å². The van der Waals surface area contributed by atoms with Crippen LogP contribution in [-0.2, 0) is 0 Å². The Labute approximate surface area is 182 Å². The molecule has 0 atom stereocenters. The number of ether oxygens (including phenoxy) is 2. The molecule has 0 radical (unpaired) electrons. The van der Waals surface area contributed by atoms with Gasteiger partial charge in [-0.25, -0.2) is 4.98 Å². The summed E-state index contributed by atoms with van der Waals surface area (Å²) in [5, 5.41) is 4.82. The largest absolute Gasteiger partial charge is 0.497 e. The number of carbonyl (C=O) groups is 1. The third kappa shape index (κ3) is 4.27. The molecule has 0 spiro atoms. The minimum absolute atomic E-state index is 0.238. The van der Waals surface area contributed by atoms with E-state index in [1.807, 2.05) is 24.3 Å². The normalized spacial score (nSPS) is 14.5. The molecule has 1 fully saturated rings. The van der Waals surface area contributed by atoms with E-state index in [0.717, 1.165) is 49.3 Å².